The number of nitrogens with two attached hydrogens (primary N) is 1. The zero-order chi connectivity index (χ0) is 9.68. The van der Waals surface area contributed by atoms with Gasteiger partial charge in [-0.2, -0.15) is 5.21 Å². The van der Waals surface area contributed by atoms with Gasteiger partial charge in [-0.1, -0.05) is 5.21 Å². The molecule has 0 aliphatic rings. The minimum absolute atomic E-state index is 0.256. The molecule has 1 rings (SSSR count). The van der Waals surface area contributed by atoms with Crippen molar-refractivity contribution in [3.8, 4) is 0 Å². The smallest absolute Gasteiger partial charge is 0.305 e. The Kier molecular flexibility index (Phi) is 3.32. The molecule has 1 atom stereocenters. The fourth-order valence-corrected chi connectivity index (χ4v) is 0.831. The maximum atomic E-state index is 10.7. The van der Waals surface area contributed by atoms with Crippen LogP contribution in [0.3, 0.4) is 0 Å². The minimum atomic E-state index is -0.377. The molecule has 1 heterocycles. The second kappa shape index (κ2) is 4.51. The molecule has 0 saturated carbocycles. The van der Waals surface area contributed by atoms with Gasteiger partial charge in [0.15, 0.2) is 5.82 Å². The molecule has 72 valence electrons. The molecule has 0 bridgehead atoms. The third-order valence-corrected chi connectivity index (χ3v) is 1.58. The van der Waals surface area contributed by atoms with Crippen LogP contribution in [-0.2, 0) is 9.53 Å². The highest BCUT2D eigenvalue weighted by molar-refractivity contribution is 5.69. The molecule has 0 spiro atoms. The highest BCUT2D eigenvalue weighted by Crippen LogP contribution is 2.09. The summed E-state index contributed by atoms with van der Waals surface area (Å²) in [6.07, 6.45) is 0.707. The van der Waals surface area contributed by atoms with Crippen molar-refractivity contribution < 1.29 is 9.53 Å². The van der Waals surface area contributed by atoms with E-state index in [0.29, 0.717) is 12.2 Å². The standard InChI is InChI=1S/C6H11N5O2/c1-13-5(12)3-2-4(7)6-8-10-11-9-6/h4H,2-3,7H2,1H3,(H,8,9,10,11). The molecule has 7 nitrogen and oxygen atoms in total. The van der Waals surface area contributed by atoms with Crippen LogP contribution in [0.2, 0.25) is 0 Å². The molecule has 0 amide bonds. The lowest BCUT2D eigenvalue weighted by Crippen LogP contribution is -2.14. The topological polar surface area (TPSA) is 107 Å². The third-order valence-electron chi connectivity index (χ3n) is 1.58. The molecule has 7 heteroatoms. The van der Waals surface area contributed by atoms with Crippen LogP contribution >= 0.6 is 0 Å². The number of hydrogen-bond donors (Lipinski definition) is 2. The fraction of sp³-hybridized carbons (Fsp3) is 0.667. The second-order valence-corrected chi connectivity index (χ2v) is 2.49. The van der Waals surface area contributed by atoms with Crippen LogP contribution in [0.1, 0.15) is 24.7 Å². The zero-order valence-corrected chi connectivity index (χ0v) is 7.23. The molecule has 0 aromatic carbocycles. The number of ether oxygens (including phenoxy) is 1. The summed E-state index contributed by atoms with van der Waals surface area (Å²) >= 11 is 0. The molecule has 0 aliphatic carbocycles. The number of carbonyl (C=O) groups excluding carboxylic acids is 1. The molecule has 0 fully saturated rings. The monoisotopic (exact) mass is 185 g/mol. The summed E-state index contributed by atoms with van der Waals surface area (Å²) in [6, 6.07) is -0.377. The van der Waals surface area contributed by atoms with Gasteiger partial charge >= 0.3 is 5.97 Å². The Labute approximate surface area is 74.6 Å². The van der Waals surface area contributed by atoms with Crippen molar-refractivity contribution in [1.29, 1.82) is 0 Å². The molecule has 3 N–H and O–H groups in total. The maximum Gasteiger partial charge on any atom is 0.305 e. The van der Waals surface area contributed by atoms with E-state index in [1.807, 2.05) is 0 Å². The number of aromatic nitrogens is 4. The van der Waals surface area contributed by atoms with Gasteiger partial charge in [0.05, 0.1) is 13.2 Å². The normalized spacial score (nSPS) is 12.5. The Morgan fingerprint density at radius 2 is 2.54 bits per heavy atom. The number of H-pyrrole nitrogens is 1. The van der Waals surface area contributed by atoms with E-state index in [2.05, 4.69) is 25.4 Å². The number of aromatic amines is 1. The van der Waals surface area contributed by atoms with Crippen molar-refractivity contribution in [2.75, 3.05) is 7.11 Å². The van der Waals surface area contributed by atoms with Crippen LogP contribution in [0, 0.1) is 0 Å². The van der Waals surface area contributed by atoms with Gasteiger partial charge in [-0.05, 0) is 6.42 Å². The molecule has 1 unspecified atom stereocenters. The molecular weight excluding hydrogens is 174 g/mol. The molecule has 0 aliphatic heterocycles. The van der Waals surface area contributed by atoms with Crippen molar-refractivity contribution in [3.63, 3.8) is 0 Å². The maximum absolute atomic E-state index is 10.7. The largest absolute Gasteiger partial charge is 0.469 e. The van der Waals surface area contributed by atoms with Crippen molar-refractivity contribution in [1.82, 2.24) is 20.6 Å². The van der Waals surface area contributed by atoms with E-state index in [4.69, 9.17) is 5.73 Å². The predicted molar refractivity (Wildman–Crippen MR) is 42.4 cm³/mol. The Hall–Kier alpha value is -1.50. The summed E-state index contributed by atoms with van der Waals surface area (Å²) in [7, 11) is 1.34. The van der Waals surface area contributed by atoms with Gasteiger partial charge in [0.25, 0.3) is 0 Å². The number of methoxy groups -OCH3 is 1. The van der Waals surface area contributed by atoms with Gasteiger partial charge < -0.3 is 10.5 Å². The number of nitrogens with zero attached hydrogens (tertiary/aromatic N) is 3. The number of tetrazole rings is 1. The van der Waals surface area contributed by atoms with Gasteiger partial charge in [0, 0.05) is 6.42 Å². The van der Waals surface area contributed by atoms with E-state index in [-0.39, 0.29) is 18.4 Å². The lowest BCUT2D eigenvalue weighted by atomic mass is 10.1. The summed E-state index contributed by atoms with van der Waals surface area (Å²) in [6.45, 7) is 0. The SMILES string of the molecule is COC(=O)CCC(N)c1nn[nH]n1. The first-order valence-electron chi connectivity index (χ1n) is 3.79. The van der Waals surface area contributed by atoms with Crippen LogP contribution in [0.4, 0.5) is 0 Å². The fourth-order valence-electron chi connectivity index (χ4n) is 0.831. The van der Waals surface area contributed by atoms with Crippen molar-refractivity contribution in [3.05, 3.63) is 5.82 Å². The van der Waals surface area contributed by atoms with E-state index >= 15 is 0 Å². The minimum Gasteiger partial charge on any atom is -0.469 e. The molecule has 1 aromatic rings. The molecule has 0 radical (unpaired) electrons. The zero-order valence-electron chi connectivity index (χ0n) is 7.23. The summed E-state index contributed by atoms with van der Waals surface area (Å²) < 4.78 is 4.46. The molecular formula is C6H11N5O2. The molecule has 1 aromatic heterocycles. The van der Waals surface area contributed by atoms with E-state index in [1.54, 1.807) is 0 Å². The number of hydrogen-bond acceptors (Lipinski definition) is 6. The van der Waals surface area contributed by atoms with E-state index in [9.17, 15) is 4.79 Å². The summed E-state index contributed by atoms with van der Waals surface area (Å²) in [5.41, 5.74) is 5.65. The number of esters is 1. The molecule has 0 saturated heterocycles. The number of carbonyl (C=O) groups is 1. The third kappa shape index (κ3) is 2.79. The van der Waals surface area contributed by atoms with Crippen LogP contribution in [-0.4, -0.2) is 33.7 Å². The summed E-state index contributed by atoms with van der Waals surface area (Å²) in [5.74, 6) is 0.114. The first kappa shape index (κ1) is 9.59. The van der Waals surface area contributed by atoms with Crippen LogP contribution < -0.4 is 5.73 Å². The average molecular weight is 185 g/mol. The second-order valence-electron chi connectivity index (χ2n) is 2.49. The Morgan fingerprint density at radius 1 is 1.77 bits per heavy atom. The van der Waals surface area contributed by atoms with E-state index in [0.717, 1.165) is 0 Å². The average Bonchev–Trinajstić information content (AvgIpc) is 2.66. The first-order chi connectivity index (χ1) is 6.24. The van der Waals surface area contributed by atoms with Crippen LogP contribution in [0.15, 0.2) is 0 Å². The highest BCUT2D eigenvalue weighted by Gasteiger charge is 2.12. The lowest BCUT2D eigenvalue weighted by Gasteiger charge is -2.04. The first-order valence-corrected chi connectivity index (χ1v) is 3.79. The van der Waals surface area contributed by atoms with Crippen LogP contribution in [0.5, 0.6) is 0 Å². The van der Waals surface area contributed by atoms with Crippen molar-refractivity contribution >= 4 is 5.97 Å². The van der Waals surface area contributed by atoms with Gasteiger partial charge in [-0.25, -0.2) is 0 Å². The van der Waals surface area contributed by atoms with Crippen molar-refractivity contribution in [2.24, 2.45) is 5.73 Å². The Morgan fingerprint density at radius 3 is 3.08 bits per heavy atom. The van der Waals surface area contributed by atoms with E-state index in [1.165, 1.54) is 7.11 Å². The van der Waals surface area contributed by atoms with Crippen LogP contribution in [0.25, 0.3) is 0 Å². The predicted octanol–water partition coefficient (Wildman–Crippen LogP) is -0.847. The Bertz CT molecular complexity index is 260. The summed E-state index contributed by atoms with van der Waals surface area (Å²) in [5, 5.41) is 13.0. The van der Waals surface area contributed by atoms with Gasteiger partial charge in [-0.3, -0.25) is 4.79 Å². The highest BCUT2D eigenvalue weighted by atomic mass is 16.5. The number of rotatable bonds is 4. The lowest BCUT2D eigenvalue weighted by molar-refractivity contribution is -0.140. The quantitative estimate of drug-likeness (QED) is 0.592. The Balaban J connectivity index is 2.34. The molecule has 13 heavy (non-hydrogen) atoms. The van der Waals surface area contributed by atoms with Gasteiger partial charge in [0.2, 0.25) is 0 Å². The van der Waals surface area contributed by atoms with E-state index < -0.39 is 0 Å². The number of nitrogens with one attached hydrogen (secondary N) is 1. The van der Waals surface area contributed by atoms with Gasteiger partial charge in [-0.15, -0.1) is 10.2 Å². The van der Waals surface area contributed by atoms with Crippen molar-refractivity contribution in [2.45, 2.75) is 18.9 Å². The van der Waals surface area contributed by atoms with Gasteiger partial charge in [0.1, 0.15) is 0 Å². The summed E-state index contributed by atoms with van der Waals surface area (Å²) in [4.78, 5) is 10.7.